The average Bonchev–Trinajstić information content (AvgIpc) is 3.00. The van der Waals surface area contributed by atoms with Crippen LogP contribution in [0.15, 0.2) is 69.3 Å². The van der Waals surface area contributed by atoms with Crippen LogP contribution < -0.4 is 5.43 Å². The lowest BCUT2D eigenvalue weighted by Crippen LogP contribution is -2.13. The second-order valence-electron chi connectivity index (χ2n) is 5.36. The molecule has 0 radical (unpaired) electrons. The Hall–Kier alpha value is -3.41. The van der Waals surface area contributed by atoms with Crippen LogP contribution in [0.2, 0.25) is 0 Å². The third kappa shape index (κ3) is 3.92. The van der Waals surface area contributed by atoms with Crippen molar-refractivity contribution in [2.24, 2.45) is 15.1 Å². The molecule has 3 N–H and O–H groups in total. The molecule has 0 aromatic heterocycles. The Morgan fingerprint density at radius 2 is 1.60 bits per heavy atom. The zero-order chi connectivity index (χ0) is 17.6. The third-order valence-corrected chi connectivity index (χ3v) is 3.63. The zero-order valence-corrected chi connectivity index (χ0v) is 13.7. The van der Waals surface area contributed by atoms with Crippen LogP contribution in [0.5, 0.6) is 11.5 Å². The zero-order valence-electron chi connectivity index (χ0n) is 13.7. The van der Waals surface area contributed by atoms with Crippen LogP contribution in [0, 0.1) is 0 Å². The lowest BCUT2D eigenvalue weighted by molar-refractivity contribution is 0.473. The molecule has 25 heavy (non-hydrogen) atoms. The highest BCUT2D eigenvalue weighted by atomic mass is 16.3. The quantitative estimate of drug-likeness (QED) is 0.592. The number of benzene rings is 2. The molecule has 1 heterocycles. The number of allylic oxidation sites excluding steroid dienone is 1. The van der Waals surface area contributed by atoms with Crippen molar-refractivity contribution < 1.29 is 10.2 Å². The summed E-state index contributed by atoms with van der Waals surface area (Å²) in [6.07, 6.45) is 4.00. The van der Waals surface area contributed by atoms with Crippen molar-refractivity contribution in [2.75, 3.05) is 0 Å². The number of rotatable bonds is 4. The van der Waals surface area contributed by atoms with E-state index in [1.807, 2.05) is 25.1 Å². The summed E-state index contributed by atoms with van der Waals surface area (Å²) in [7, 11) is 0. The van der Waals surface area contributed by atoms with Gasteiger partial charge in [-0.25, -0.2) is 15.4 Å². The number of nitrogens with zero attached hydrogens (tertiary/aromatic N) is 3. The number of nitrogens with one attached hydrogen (secondary N) is 1. The maximum atomic E-state index is 9.89. The number of para-hydroxylation sites is 2. The maximum absolute atomic E-state index is 9.89. The molecular weight excluding hydrogens is 316 g/mol. The van der Waals surface area contributed by atoms with Crippen LogP contribution in [0.4, 0.5) is 0 Å². The van der Waals surface area contributed by atoms with E-state index in [1.54, 1.807) is 36.4 Å². The standard InChI is InChI=1S/C19H18N4O2/c1-2-15-16(11-13-7-3-5-9-17(13)24)22-19(21-15)23-20-12-14-8-4-6-10-18(14)25/h3-12,24-25H,2H2,1H3,(H,22,23)/b16-11-,20-12+. The van der Waals surface area contributed by atoms with E-state index in [-0.39, 0.29) is 11.5 Å². The number of phenols is 2. The Labute approximate surface area is 145 Å². The molecule has 0 aliphatic carbocycles. The highest BCUT2D eigenvalue weighted by molar-refractivity contribution is 6.14. The highest BCUT2D eigenvalue weighted by Crippen LogP contribution is 2.22. The second kappa shape index (κ2) is 7.44. The molecule has 0 fully saturated rings. The largest absolute Gasteiger partial charge is 0.507 e. The van der Waals surface area contributed by atoms with Crippen LogP contribution >= 0.6 is 0 Å². The third-order valence-electron chi connectivity index (χ3n) is 3.63. The van der Waals surface area contributed by atoms with Gasteiger partial charge in [-0.3, -0.25) is 0 Å². The van der Waals surface area contributed by atoms with Crippen molar-refractivity contribution in [3.8, 4) is 11.5 Å². The lowest BCUT2D eigenvalue weighted by atomic mass is 10.1. The second-order valence-corrected chi connectivity index (χ2v) is 5.36. The van der Waals surface area contributed by atoms with Gasteiger partial charge in [-0.15, -0.1) is 0 Å². The summed E-state index contributed by atoms with van der Waals surface area (Å²) in [6, 6.07) is 14.0. The van der Waals surface area contributed by atoms with E-state index >= 15 is 0 Å². The van der Waals surface area contributed by atoms with Crippen molar-refractivity contribution in [1.82, 2.24) is 5.43 Å². The first-order valence-corrected chi connectivity index (χ1v) is 7.90. The van der Waals surface area contributed by atoms with Crippen molar-refractivity contribution in [3.63, 3.8) is 0 Å². The van der Waals surface area contributed by atoms with Gasteiger partial charge >= 0.3 is 0 Å². The molecule has 1 aliphatic heterocycles. The fourth-order valence-corrected chi connectivity index (χ4v) is 2.33. The van der Waals surface area contributed by atoms with Crippen LogP contribution in [0.25, 0.3) is 6.08 Å². The molecule has 6 nitrogen and oxygen atoms in total. The van der Waals surface area contributed by atoms with Gasteiger partial charge in [-0.2, -0.15) is 5.10 Å². The van der Waals surface area contributed by atoms with Gasteiger partial charge in [0.15, 0.2) is 0 Å². The minimum absolute atomic E-state index is 0.152. The smallest absolute Gasteiger partial charge is 0.244 e. The fourth-order valence-electron chi connectivity index (χ4n) is 2.33. The predicted octanol–water partition coefficient (Wildman–Crippen LogP) is 3.28. The minimum atomic E-state index is 0.152. The van der Waals surface area contributed by atoms with Crippen LogP contribution in [0.1, 0.15) is 24.5 Å². The normalized spacial score (nSPS) is 15.5. The van der Waals surface area contributed by atoms with Gasteiger partial charge in [0.1, 0.15) is 11.5 Å². The van der Waals surface area contributed by atoms with E-state index in [0.29, 0.717) is 29.2 Å². The molecule has 2 aromatic carbocycles. The minimum Gasteiger partial charge on any atom is -0.507 e. The van der Waals surface area contributed by atoms with Gasteiger partial charge < -0.3 is 10.2 Å². The van der Waals surface area contributed by atoms with Crippen molar-refractivity contribution in [1.29, 1.82) is 0 Å². The van der Waals surface area contributed by atoms with Gasteiger partial charge in [-0.05, 0) is 30.7 Å². The first-order chi connectivity index (χ1) is 12.2. The molecule has 6 heteroatoms. The van der Waals surface area contributed by atoms with Crippen LogP contribution in [0.3, 0.4) is 0 Å². The number of aliphatic imine (C=N–C) groups is 2. The Bertz CT molecular complexity index is 898. The molecule has 0 bridgehead atoms. The number of phenolic OH excluding ortho intramolecular Hbond substituents is 2. The van der Waals surface area contributed by atoms with E-state index in [9.17, 15) is 10.2 Å². The fraction of sp³-hybridized carbons (Fsp3) is 0.105. The summed E-state index contributed by atoms with van der Waals surface area (Å²) >= 11 is 0. The Balaban J connectivity index is 1.78. The van der Waals surface area contributed by atoms with Gasteiger partial charge in [-0.1, -0.05) is 37.3 Å². The maximum Gasteiger partial charge on any atom is 0.244 e. The SMILES string of the molecule is CCC1=NC(N/N=C/c2ccccc2O)=N/C1=C\c1ccccc1O. The number of hydrogen-bond acceptors (Lipinski definition) is 6. The van der Waals surface area contributed by atoms with Gasteiger partial charge in [0, 0.05) is 11.1 Å². The topological polar surface area (TPSA) is 89.6 Å². The van der Waals surface area contributed by atoms with Crippen molar-refractivity contribution in [3.05, 3.63) is 65.4 Å². The summed E-state index contributed by atoms with van der Waals surface area (Å²) < 4.78 is 0. The van der Waals surface area contributed by atoms with Crippen LogP contribution in [-0.4, -0.2) is 28.1 Å². The molecule has 0 amide bonds. The van der Waals surface area contributed by atoms with E-state index in [0.717, 1.165) is 5.71 Å². The van der Waals surface area contributed by atoms with E-state index in [1.165, 1.54) is 6.21 Å². The molecule has 2 aromatic rings. The van der Waals surface area contributed by atoms with Crippen molar-refractivity contribution >= 4 is 24.0 Å². The molecular formula is C19H18N4O2. The van der Waals surface area contributed by atoms with E-state index in [4.69, 9.17) is 0 Å². The predicted molar refractivity (Wildman–Crippen MR) is 100 cm³/mol. The van der Waals surface area contributed by atoms with Gasteiger partial charge in [0.05, 0.1) is 17.6 Å². The molecule has 126 valence electrons. The number of hydrazone groups is 1. The van der Waals surface area contributed by atoms with Gasteiger partial charge in [0.25, 0.3) is 0 Å². The monoisotopic (exact) mass is 334 g/mol. The summed E-state index contributed by atoms with van der Waals surface area (Å²) in [5, 5.41) is 23.7. The molecule has 0 saturated carbocycles. The molecule has 0 saturated heterocycles. The van der Waals surface area contributed by atoms with Gasteiger partial charge in [0.2, 0.25) is 5.96 Å². The summed E-state index contributed by atoms with van der Waals surface area (Å²) in [5.41, 5.74) is 5.54. The molecule has 0 unspecified atom stereocenters. The summed E-state index contributed by atoms with van der Waals surface area (Å²) in [4.78, 5) is 8.80. The highest BCUT2D eigenvalue weighted by Gasteiger charge is 2.15. The van der Waals surface area contributed by atoms with E-state index in [2.05, 4.69) is 20.5 Å². The first kappa shape index (κ1) is 16.4. The average molecular weight is 334 g/mol. The molecule has 0 spiro atoms. The Morgan fingerprint density at radius 1 is 0.960 bits per heavy atom. The Kier molecular flexibility index (Phi) is 4.89. The molecule has 3 rings (SSSR count). The first-order valence-electron chi connectivity index (χ1n) is 7.90. The Morgan fingerprint density at radius 3 is 2.24 bits per heavy atom. The number of hydrogen-bond donors (Lipinski definition) is 3. The lowest BCUT2D eigenvalue weighted by Gasteiger charge is -2.00. The summed E-state index contributed by atoms with van der Waals surface area (Å²) in [5.74, 6) is 0.712. The molecule has 0 atom stereocenters. The number of guanidine groups is 1. The van der Waals surface area contributed by atoms with E-state index < -0.39 is 0 Å². The summed E-state index contributed by atoms with van der Waals surface area (Å²) in [6.45, 7) is 1.99. The van der Waals surface area contributed by atoms with Crippen LogP contribution in [-0.2, 0) is 0 Å². The number of aromatic hydroxyl groups is 2. The van der Waals surface area contributed by atoms with Crippen molar-refractivity contribution in [2.45, 2.75) is 13.3 Å². The molecule has 1 aliphatic rings.